The second kappa shape index (κ2) is 6.04. The van der Waals surface area contributed by atoms with Crippen molar-refractivity contribution in [1.82, 2.24) is 4.72 Å². The Morgan fingerprint density at radius 1 is 1.20 bits per heavy atom. The smallest absolute Gasteiger partial charge is 0.339 e. The van der Waals surface area contributed by atoms with Crippen molar-refractivity contribution < 1.29 is 22.5 Å². The van der Waals surface area contributed by atoms with Crippen LogP contribution in [0.25, 0.3) is 11.0 Å². The molecule has 2 rings (SSSR count). The van der Waals surface area contributed by atoms with Crippen molar-refractivity contribution in [1.29, 1.82) is 0 Å². The third-order valence-corrected chi connectivity index (χ3v) is 3.21. The van der Waals surface area contributed by atoms with Crippen LogP contribution >= 0.6 is 0 Å². The molecular formula is C12H15NO6S. The lowest BCUT2D eigenvalue weighted by Gasteiger charge is -2.03. The molecule has 1 aromatic heterocycles. The molecule has 8 heteroatoms. The minimum absolute atomic E-state index is 0.101. The lowest BCUT2D eigenvalue weighted by atomic mass is 10.1. The molecule has 0 bridgehead atoms. The van der Waals surface area contributed by atoms with Crippen LogP contribution < -0.4 is 10.3 Å². The van der Waals surface area contributed by atoms with E-state index in [1.165, 1.54) is 6.07 Å². The van der Waals surface area contributed by atoms with Crippen LogP contribution in [0.3, 0.4) is 0 Å². The predicted molar refractivity (Wildman–Crippen MR) is 74.2 cm³/mol. The van der Waals surface area contributed by atoms with E-state index in [1.54, 1.807) is 23.8 Å². The van der Waals surface area contributed by atoms with Crippen molar-refractivity contribution in [2.45, 2.75) is 13.8 Å². The van der Waals surface area contributed by atoms with Crippen LogP contribution in [-0.4, -0.2) is 25.1 Å². The third kappa shape index (κ3) is 4.05. The van der Waals surface area contributed by atoms with Crippen molar-refractivity contribution in [2.24, 2.45) is 0 Å². The van der Waals surface area contributed by atoms with Gasteiger partial charge in [-0.05, 0) is 31.5 Å². The molecular weight excluding hydrogens is 286 g/mol. The summed E-state index contributed by atoms with van der Waals surface area (Å²) in [5, 5.41) is 10.1. The summed E-state index contributed by atoms with van der Waals surface area (Å²) in [5.41, 5.74) is 1.60. The zero-order valence-electron chi connectivity index (χ0n) is 11.2. The summed E-state index contributed by atoms with van der Waals surface area (Å²) in [6.07, 6.45) is 0. The van der Waals surface area contributed by atoms with E-state index < -0.39 is 10.3 Å². The van der Waals surface area contributed by atoms with E-state index in [2.05, 4.69) is 0 Å². The van der Waals surface area contributed by atoms with Crippen molar-refractivity contribution in [3.63, 3.8) is 0 Å². The van der Waals surface area contributed by atoms with Gasteiger partial charge in [0, 0.05) is 24.1 Å². The predicted octanol–water partition coefficient (Wildman–Crippen LogP) is 1.12. The van der Waals surface area contributed by atoms with Gasteiger partial charge >= 0.3 is 15.9 Å². The van der Waals surface area contributed by atoms with Gasteiger partial charge in [-0.15, -0.1) is 0 Å². The number of aromatic hydroxyl groups is 1. The zero-order chi connectivity index (χ0) is 15.5. The molecule has 0 spiro atoms. The fourth-order valence-corrected chi connectivity index (χ4v) is 1.44. The van der Waals surface area contributed by atoms with Crippen molar-refractivity contribution in [2.75, 3.05) is 7.05 Å². The average molecular weight is 301 g/mol. The highest BCUT2D eigenvalue weighted by atomic mass is 32.2. The van der Waals surface area contributed by atoms with E-state index >= 15 is 0 Å². The molecule has 0 saturated carbocycles. The molecule has 0 amide bonds. The SMILES string of the molecule is CNS(=O)(=O)O.Cc1c(C)c2ccc(O)cc2oc1=O. The number of phenolic OH excluding ortho intramolecular Hbond substituents is 1. The Morgan fingerprint density at radius 2 is 1.75 bits per heavy atom. The van der Waals surface area contributed by atoms with Gasteiger partial charge < -0.3 is 9.52 Å². The van der Waals surface area contributed by atoms with Gasteiger partial charge in [-0.2, -0.15) is 13.1 Å². The Balaban J connectivity index is 0.000000286. The van der Waals surface area contributed by atoms with Gasteiger partial charge in [-0.3, -0.25) is 4.55 Å². The van der Waals surface area contributed by atoms with Crippen LogP contribution in [-0.2, 0) is 10.3 Å². The number of hydrogen-bond acceptors (Lipinski definition) is 5. The van der Waals surface area contributed by atoms with Crippen molar-refractivity contribution >= 4 is 21.3 Å². The molecule has 0 aliphatic heterocycles. The van der Waals surface area contributed by atoms with E-state index in [1.807, 2.05) is 6.92 Å². The maximum absolute atomic E-state index is 11.3. The van der Waals surface area contributed by atoms with Gasteiger partial charge in [0.15, 0.2) is 0 Å². The van der Waals surface area contributed by atoms with Crippen LogP contribution in [0, 0.1) is 13.8 Å². The fraction of sp³-hybridized carbons (Fsp3) is 0.250. The molecule has 0 saturated heterocycles. The average Bonchev–Trinajstić information content (AvgIpc) is 2.36. The number of fused-ring (bicyclic) bond motifs is 1. The van der Waals surface area contributed by atoms with Crippen LogP contribution in [0.15, 0.2) is 27.4 Å². The van der Waals surface area contributed by atoms with E-state index in [4.69, 9.17) is 8.97 Å². The number of nitrogens with one attached hydrogen (secondary N) is 1. The first-order valence-corrected chi connectivity index (χ1v) is 6.98. The highest BCUT2D eigenvalue weighted by molar-refractivity contribution is 7.83. The molecule has 20 heavy (non-hydrogen) atoms. The number of phenols is 1. The monoisotopic (exact) mass is 301 g/mol. The summed E-state index contributed by atoms with van der Waals surface area (Å²) in [4.78, 5) is 11.3. The first kappa shape index (κ1) is 16.2. The number of benzene rings is 1. The molecule has 110 valence electrons. The molecule has 0 aliphatic rings. The fourth-order valence-electron chi connectivity index (χ4n) is 1.44. The summed E-state index contributed by atoms with van der Waals surface area (Å²) < 4.78 is 33.2. The summed E-state index contributed by atoms with van der Waals surface area (Å²) in [6, 6.07) is 4.77. The molecule has 0 unspecified atom stereocenters. The molecule has 0 fully saturated rings. The van der Waals surface area contributed by atoms with Gasteiger partial charge in [-0.1, -0.05) is 0 Å². The largest absolute Gasteiger partial charge is 0.508 e. The van der Waals surface area contributed by atoms with Gasteiger partial charge in [0.1, 0.15) is 11.3 Å². The van der Waals surface area contributed by atoms with Crippen LogP contribution in [0.1, 0.15) is 11.1 Å². The third-order valence-electron chi connectivity index (χ3n) is 2.70. The Labute approximate surface area is 115 Å². The molecule has 1 aromatic carbocycles. The Hall–Kier alpha value is -1.90. The topological polar surface area (TPSA) is 117 Å². The van der Waals surface area contributed by atoms with E-state index in [-0.39, 0.29) is 11.4 Å². The van der Waals surface area contributed by atoms with E-state index in [0.717, 1.165) is 18.0 Å². The second-order valence-electron chi connectivity index (χ2n) is 4.00. The Kier molecular flexibility index (Phi) is 4.88. The maximum Gasteiger partial charge on any atom is 0.339 e. The number of aryl methyl sites for hydroxylation is 1. The first-order valence-electron chi connectivity index (χ1n) is 5.54. The standard InChI is InChI=1S/C11H10O3.CH5NO3S/c1-6-7(2)11(13)14-10-5-8(12)3-4-9(6)10;1-2-6(3,4)5/h3-5,12H,1-2H3;2H,1H3,(H,3,4,5). The molecule has 1 heterocycles. The molecule has 2 aromatic rings. The number of hydrogen-bond donors (Lipinski definition) is 3. The normalized spacial score (nSPS) is 11.0. The van der Waals surface area contributed by atoms with Gasteiger partial charge in [-0.25, -0.2) is 4.79 Å². The van der Waals surface area contributed by atoms with Gasteiger partial charge in [0.2, 0.25) is 0 Å². The van der Waals surface area contributed by atoms with Crippen LogP contribution in [0.5, 0.6) is 5.75 Å². The molecule has 0 radical (unpaired) electrons. The second-order valence-corrected chi connectivity index (χ2v) is 5.36. The Bertz CT molecular complexity index is 778. The molecule has 0 atom stereocenters. The minimum atomic E-state index is -3.91. The van der Waals surface area contributed by atoms with E-state index in [0.29, 0.717) is 11.1 Å². The maximum atomic E-state index is 11.3. The van der Waals surface area contributed by atoms with Crippen LogP contribution in [0.2, 0.25) is 0 Å². The highest BCUT2D eigenvalue weighted by Gasteiger charge is 2.07. The van der Waals surface area contributed by atoms with Crippen molar-refractivity contribution in [3.8, 4) is 5.75 Å². The molecule has 3 N–H and O–H groups in total. The summed E-state index contributed by atoms with van der Waals surface area (Å²) in [5.74, 6) is 0.101. The van der Waals surface area contributed by atoms with Crippen LogP contribution in [0.4, 0.5) is 0 Å². The molecule has 0 aliphatic carbocycles. The summed E-state index contributed by atoms with van der Waals surface area (Å²) in [6.45, 7) is 3.60. The van der Waals surface area contributed by atoms with Gasteiger partial charge in [0.05, 0.1) is 0 Å². The first-order chi connectivity index (χ1) is 9.15. The summed E-state index contributed by atoms with van der Waals surface area (Å²) >= 11 is 0. The lowest BCUT2D eigenvalue weighted by molar-refractivity contribution is 0.472. The lowest BCUT2D eigenvalue weighted by Crippen LogP contribution is -2.16. The minimum Gasteiger partial charge on any atom is -0.508 e. The van der Waals surface area contributed by atoms with E-state index in [9.17, 15) is 18.3 Å². The number of rotatable bonds is 1. The Morgan fingerprint density at radius 3 is 2.25 bits per heavy atom. The highest BCUT2D eigenvalue weighted by Crippen LogP contribution is 2.22. The van der Waals surface area contributed by atoms with Gasteiger partial charge in [0.25, 0.3) is 0 Å². The zero-order valence-corrected chi connectivity index (χ0v) is 12.0. The molecule has 7 nitrogen and oxygen atoms in total. The summed E-state index contributed by atoms with van der Waals surface area (Å²) in [7, 11) is -2.79. The van der Waals surface area contributed by atoms with Crippen molar-refractivity contribution in [3.05, 3.63) is 39.7 Å². The quantitative estimate of drug-likeness (QED) is 0.537.